The van der Waals surface area contributed by atoms with Gasteiger partial charge in [0, 0.05) is 0 Å². The van der Waals surface area contributed by atoms with Crippen LogP contribution in [-0.2, 0) is 0 Å². The molecule has 0 saturated heterocycles. The molecule has 12 heavy (non-hydrogen) atoms. The average molecular weight is 166 g/mol. The van der Waals surface area contributed by atoms with Crippen LogP contribution in [0.5, 0.6) is 0 Å². The molecule has 0 aliphatic rings. The molecule has 0 heteroatoms. The SMILES string of the molecule is C=C(/C=C\C(C)CCC)CCC. The first-order valence-electron chi connectivity index (χ1n) is 5.06. The van der Waals surface area contributed by atoms with E-state index in [0.29, 0.717) is 5.92 Å². The topological polar surface area (TPSA) is 0 Å². The van der Waals surface area contributed by atoms with Crippen LogP contribution in [0.15, 0.2) is 24.3 Å². The van der Waals surface area contributed by atoms with Crippen LogP contribution in [0, 0.1) is 5.92 Å². The van der Waals surface area contributed by atoms with Crippen molar-refractivity contribution in [2.75, 3.05) is 0 Å². The monoisotopic (exact) mass is 166 g/mol. The van der Waals surface area contributed by atoms with E-state index in [2.05, 4.69) is 39.5 Å². The molecule has 70 valence electrons. The van der Waals surface area contributed by atoms with Crippen LogP contribution in [-0.4, -0.2) is 0 Å². The summed E-state index contributed by atoms with van der Waals surface area (Å²) in [6.07, 6.45) is 9.35. The minimum absolute atomic E-state index is 0.712. The lowest BCUT2D eigenvalue weighted by molar-refractivity contribution is 0.633. The first-order valence-corrected chi connectivity index (χ1v) is 5.06. The van der Waals surface area contributed by atoms with Crippen molar-refractivity contribution in [1.29, 1.82) is 0 Å². The Kier molecular flexibility index (Phi) is 6.84. The minimum Gasteiger partial charge on any atom is -0.0958 e. The molecule has 0 amide bonds. The zero-order chi connectivity index (χ0) is 9.40. The molecule has 0 aromatic rings. The van der Waals surface area contributed by atoms with Gasteiger partial charge in [-0.15, -0.1) is 0 Å². The zero-order valence-corrected chi connectivity index (χ0v) is 8.77. The molecule has 0 fully saturated rings. The van der Waals surface area contributed by atoms with Crippen LogP contribution in [0.3, 0.4) is 0 Å². The molecule has 0 N–H and O–H groups in total. The van der Waals surface area contributed by atoms with E-state index in [1.165, 1.54) is 24.8 Å². The van der Waals surface area contributed by atoms with Crippen molar-refractivity contribution in [3.8, 4) is 0 Å². The summed E-state index contributed by atoms with van der Waals surface area (Å²) in [5.74, 6) is 0.712. The predicted molar refractivity (Wildman–Crippen MR) is 57.3 cm³/mol. The van der Waals surface area contributed by atoms with Gasteiger partial charge in [-0.05, 0) is 18.8 Å². The van der Waals surface area contributed by atoms with E-state index in [1.54, 1.807) is 0 Å². The van der Waals surface area contributed by atoms with E-state index in [9.17, 15) is 0 Å². The van der Waals surface area contributed by atoms with Gasteiger partial charge in [0.1, 0.15) is 0 Å². The summed E-state index contributed by atoms with van der Waals surface area (Å²) in [4.78, 5) is 0. The largest absolute Gasteiger partial charge is 0.0958 e. The Balaban J connectivity index is 3.65. The summed E-state index contributed by atoms with van der Waals surface area (Å²) in [5.41, 5.74) is 1.26. The maximum Gasteiger partial charge on any atom is -0.0259 e. The smallest absolute Gasteiger partial charge is 0.0259 e. The number of hydrogen-bond acceptors (Lipinski definition) is 0. The lowest BCUT2D eigenvalue weighted by atomic mass is 10.0. The van der Waals surface area contributed by atoms with Gasteiger partial charge in [-0.1, -0.05) is 57.9 Å². The van der Waals surface area contributed by atoms with Gasteiger partial charge >= 0.3 is 0 Å². The normalized spacial score (nSPS) is 13.6. The average Bonchev–Trinajstić information content (AvgIpc) is 2.02. The molecule has 0 saturated carbocycles. The first kappa shape index (κ1) is 11.5. The van der Waals surface area contributed by atoms with Crippen molar-refractivity contribution in [2.45, 2.75) is 46.5 Å². The van der Waals surface area contributed by atoms with Crippen LogP contribution in [0.25, 0.3) is 0 Å². The van der Waals surface area contributed by atoms with E-state index >= 15 is 0 Å². The summed E-state index contributed by atoms with van der Waals surface area (Å²) in [6, 6.07) is 0. The van der Waals surface area contributed by atoms with Gasteiger partial charge in [0.25, 0.3) is 0 Å². The molecule has 0 bridgehead atoms. The van der Waals surface area contributed by atoms with Crippen molar-refractivity contribution >= 4 is 0 Å². The van der Waals surface area contributed by atoms with Crippen molar-refractivity contribution < 1.29 is 0 Å². The van der Waals surface area contributed by atoms with Gasteiger partial charge in [-0.25, -0.2) is 0 Å². The second kappa shape index (κ2) is 7.15. The standard InChI is InChI=1S/C12H22/c1-5-7-11(3)9-10-12(4)8-6-2/h9-10,12H,3,5-8H2,1-2,4H3/b10-9-. The van der Waals surface area contributed by atoms with Crippen LogP contribution >= 0.6 is 0 Å². The van der Waals surface area contributed by atoms with Gasteiger partial charge < -0.3 is 0 Å². The Labute approximate surface area is 77.4 Å². The minimum atomic E-state index is 0.712. The highest BCUT2D eigenvalue weighted by Crippen LogP contribution is 2.10. The number of rotatable bonds is 6. The fourth-order valence-corrected chi connectivity index (χ4v) is 1.26. The third-order valence-electron chi connectivity index (χ3n) is 1.98. The second-order valence-corrected chi connectivity index (χ2v) is 3.53. The third-order valence-corrected chi connectivity index (χ3v) is 1.98. The summed E-state index contributed by atoms with van der Waals surface area (Å²) in [6.45, 7) is 10.7. The van der Waals surface area contributed by atoms with Crippen molar-refractivity contribution in [3.63, 3.8) is 0 Å². The summed E-state index contributed by atoms with van der Waals surface area (Å²) in [5, 5.41) is 0. The Morgan fingerprint density at radius 1 is 1.33 bits per heavy atom. The summed E-state index contributed by atoms with van der Waals surface area (Å²) in [7, 11) is 0. The maximum atomic E-state index is 3.99. The van der Waals surface area contributed by atoms with Crippen molar-refractivity contribution in [3.05, 3.63) is 24.3 Å². The maximum absolute atomic E-state index is 3.99. The van der Waals surface area contributed by atoms with Crippen LogP contribution in [0.1, 0.15) is 46.5 Å². The fraction of sp³-hybridized carbons (Fsp3) is 0.667. The third kappa shape index (κ3) is 6.21. The Morgan fingerprint density at radius 2 is 2.00 bits per heavy atom. The van der Waals surface area contributed by atoms with Gasteiger partial charge in [0.05, 0.1) is 0 Å². The molecule has 0 aromatic carbocycles. The lowest BCUT2D eigenvalue weighted by Crippen LogP contribution is -1.87. The predicted octanol–water partition coefficient (Wildman–Crippen LogP) is 4.34. The van der Waals surface area contributed by atoms with Crippen molar-refractivity contribution in [1.82, 2.24) is 0 Å². The molecular weight excluding hydrogens is 144 g/mol. The highest BCUT2D eigenvalue weighted by molar-refractivity contribution is 5.14. The highest BCUT2D eigenvalue weighted by atomic mass is 14.0. The molecule has 0 aliphatic heterocycles. The summed E-state index contributed by atoms with van der Waals surface area (Å²) < 4.78 is 0. The molecule has 1 atom stereocenters. The van der Waals surface area contributed by atoms with E-state index in [-0.39, 0.29) is 0 Å². The molecule has 0 aromatic heterocycles. The van der Waals surface area contributed by atoms with Gasteiger partial charge in [-0.2, -0.15) is 0 Å². The van der Waals surface area contributed by atoms with Crippen LogP contribution in [0.4, 0.5) is 0 Å². The van der Waals surface area contributed by atoms with Gasteiger partial charge in [0.15, 0.2) is 0 Å². The Hall–Kier alpha value is -0.520. The molecule has 0 rings (SSSR count). The first-order chi connectivity index (χ1) is 5.70. The van der Waals surface area contributed by atoms with E-state index < -0.39 is 0 Å². The van der Waals surface area contributed by atoms with Gasteiger partial charge in [-0.3, -0.25) is 0 Å². The summed E-state index contributed by atoms with van der Waals surface area (Å²) >= 11 is 0. The molecule has 0 heterocycles. The zero-order valence-electron chi connectivity index (χ0n) is 8.77. The lowest BCUT2D eigenvalue weighted by Gasteiger charge is -2.02. The Morgan fingerprint density at radius 3 is 2.50 bits per heavy atom. The molecular formula is C12H22. The molecule has 0 nitrogen and oxygen atoms in total. The van der Waals surface area contributed by atoms with Gasteiger partial charge in [0.2, 0.25) is 0 Å². The quantitative estimate of drug-likeness (QED) is 0.515. The second-order valence-electron chi connectivity index (χ2n) is 3.53. The highest BCUT2D eigenvalue weighted by Gasteiger charge is 1.93. The number of hydrogen-bond donors (Lipinski definition) is 0. The molecule has 1 unspecified atom stereocenters. The van der Waals surface area contributed by atoms with Crippen molar-refractivity contribution in [2.24, 2.45) is 5.92 Å². The fourth-order valence-electron chi connectivity index (χ4n) is 1.26. The van der Waals surface area contributed by atoms with Crippen LogP contribution in [0.2, 0.25) is 0 Å². The Bertz CT molecular complexity index is 142. The molecule has 0 radical (unpaired) electrons. The molecule has 0 spiro atoms. The number of allylic oxidation sites excluding steroid dienone is 3. The van der Waals surface area contributed by atoms with E-state index in [0.717, 1.165) is 6.42 Å². The molecule has 0 aliphatic carbocycles. The van der Waals surface area contributed by atoms with E-state index in [4.69, 9.17) is 0 Å². The van der Waals surface area contributed by atoms with E-state index in [1.807, 2.05) is 0 Å². The van der Waals surface area contributed by atoms with Crippen LogP contribution < -0.4 is 0 Å².